The van der Waals surface area contributed by atoms with Gasteiger partial charge in [-0.2, -0.15) is 0 Å². The van der Waals surface area contributed by atoms with E-state index in [-0.39, 0.29) is 18.4 Å². The van der Waals surface area contributed by atoms with Crippen LogP contribution in [0.4, 0.5) is 16.2 Å². The minimum Gasteiger partial charge on any atom is -0.485 e. The van der Waals surface area contributed by atoms with Gasteiger partial charge in [-0.1, -0.05) is 42.5 Å². The molecule has 0 saturated carbocycles. The standard InChI is InChI=1S/C29H26N4O5/c34-27(35)17-26(22-8-5-15-30-19-22)38-25-10-4-9-24(16-25)32-28(36)21-11-13-23(14-12-21)33-29(37)31-18-20-6-2-1-3-7-20/h1-16,19,26H,17-18H2,(H,32,36)(H,34,35)(H2,31,33,37). The van der Waals surface area contributed by atoms with Gasteiger partial charge in [0.1, 0.15) is 11.9 Å². The number of urea groups is 1. The van der Waals surface area contributed by atoms with Gasteiger partial charge >= 0.3 is 12.0 Å². The highest BCUT2D eigenvalue weighted by Gasteiger charge is 2.18. The number of aromatic nitrogens is 1. The molecule has 9 nitrogen and oxygen atoms in total. The molecule has 38 heavy (non-hydrogen) atoms. The number of rotatable bonds is 10. The van der Waals surface area contributed by atoms with Crippen LogP contribution in [0.15, 0.2) is 103 Å². The van der Waals surface area contributed by atoms with Crippen LogP contribution in [0, 0.1) is 0 Å². The first-order chi connectivity index (χ1) is 18.5. The summed E-state index contributed by atoms with van der Waals surface area (Å²) >= 11 is 0. The van der Waals surface area contributed by atoms with E-state index in [9.17, 15) is 19.5 Å². The average molecular weight is 511 g/mol. The Labute approximate surface area is 219 Å². The minimum absolute atomic E-state index is 0.243. The van der Waals surface area contributed by atoms with Gasteiger partial charge in [0.2, 0.25) is 0 Å². The van der Waals surface area contributed by atoms with Crippen LogP contribution < -0.4 is 20.7 Å². The first kappa shape index (κ1) is 25.9. The number of benzene rings is 3. The van der Waals surface area contributed by atoms with Crippen LogP contribution >= 0.6 is 0 Å². The highest BCUT2D eigenvalue weighted by molar-refractivity contribution is 6.04. The number of pyridine rings is 1. The number of aliphatic carboxylic acids is 1. The Bertz CT molecular complexity index is 1380. The molecule has 1 heterocycles. The second-order valence-electron chi connectivity index (χ2n) is 8.34. The van der Waals surface area contributed by atoms with Crippen molar-refractivity contribution < 1.29 is 24.2 Å². The highest BCUT2D eigenvalue weighted by Crippen LogP contribution is 2.27. The average Bonchev–Trinajstić information content (AvgIpc) is 2.93. The molecule has 0 aliphatic heterocycles. The molecule has 3 amide bonds. The molecule has 192 valence electrons. The number of carbonyl (C=O) groups excluding carboxylic acids is 2. The smallest absolute Gasteiger partial charge is 0.319 e. The van der Waals surface area contributed by atoms with Crippen LogP contribution in [0.1, 0.15) is 34.0 Å². The second-order valence-corrected chi connectivity index (χ2v) is 8.34. The third-order valence-corrected chi connectivity index (χ3v) is 5.49. The number of hydrogen-bond donors (Lipinski definition) is 4. The van der Waals surface area contributed by atoms with Crippen LogP contribution in [0.5, 0.6) is 5.75 Å². The van der Waals surface area contributed by atoms with Gasteiger partial charge in [0, 0.05) is 47.5 Å². The summed E-state index contributed by atoms with van der Waals surface area (Å²) in [6.07, 6.45) is 2.18. The summed E-state index contributed by atoms with van der Waals surface area (Å²) in [7, 11) is 0. The molecule has 4 aromatic rings. The molecule has 3 aromatic carbocycles. The van der Waals surface area contributed by atoms with Crippen molar-refractivity contribution in [3.63, 3.8) is 0 Å². The number of hydrogen-bond acceptors (Lipinski definition) is 5. The van der Waals surface area contributed by atoms with Crippen molar-refractivity contribution in [1.82, 2.24) is 10.3 Å². The molecule has 1 unspecified atom stereocenters. The Morgan fingerprint density at radius 1 is 0.842 bits per heavy atom. The zero-order valence-electron chi connectivity index (χ0n) is 20.3. The molecule has 9 heteroatoms. The van der Waals surface area contributed by atoms with Crippen molar-refractivity contribution in [2.75, 3.05) is 10.6 Å². The predicted octanol–water partition coefficient (Wildman–Crippen LogP) is 5.25. The van der Waals surface area contributed by atoms with Gasteiger partial charge < -0.3 is 25.8 Å². The topological polar surface area (TPSA) is 130 Å². The summed E-state index contributed by atoms with van der Waals surface area (Å²) in [6, 6.07) is 25.9. The number of amides is 3. The maximum atomic E-state index is 12.8. The molecule has 0 aliphatic carbocycles. The fourth-order valence-corrected chi connectivity index (χ4v) is 3.63. The Hall–Kier alpha value is -5.18. The fourth-order valence-electron chi connectivity index (χ4n) is 3.63. The van der Waals surface area contributed by atoms with E-state index in [0.29, 0.717) is 34.8 Å². The third kappa shape index (κ3) is 7.66. The Morgan fingerprint density at radius 2 is 1.63 bits per heavy atom. The van der Waals surface area contributed by atoms with Crippen LogP contribution in [0.25, 0.3) is 0 Å². The molecule has 0 aliphatic rings. The number of nitrogens with one attached hydrogen (secondary N) is 3. The maximum Gasteiger partial charge on any atom is 0.319 e. The summed E-state index contributed by atoms with van der Waals surface area (Å²) in [5.41, 5.74) is 3.04. The van der Waals surface area contributed by atoms with E-state index < -0.39 is 12.1 Å². The number of nitrogens with zero attached hydrogens (tertiary/aromatic N) is 1. The first-order valence-corrected chi connectivity index (χ1v) is 11.8. The molecule has 1 atom stereocenters. The number of carboxylic acids is 1. The lowest BCUT2D eigenvalue weighted by molar-refractivity contribution is -0.138. The molecule has 0 bridgehead atoms. The predicted molar refractivity (Wildman–Crippen MR) is 143 cm³/mol. The first-order valence-electron chi connectivity index (χ1n) is 11.8. The largest absolute Gasteiger partial charge is 0.485 e. The Morgan fingerprint density at radius 3 is 2.34 bits per heavy atom. The molecule has 0 saturated heterocycles. The maximum absolute atomic E-state index is 12.8. The van der Waals surface area contributed by atoms with Gasteiger partial charge in [-0.25, -0.2) is 4.79 Å². The molecule has 4 rings (SSSR count). The van der Waals surface area contributed by atoms with Gasteiger partial charge in [-0.15, -0.1) is 0 Å². The van der Waals surface area contributed by atoms with Crippen LogP contribution in [0.2, 0.25) is 0 Å². The minimum atomic E-state index is -1.00. The Kier molecular flexibility index (Phi) is 8.64. The monoisotopic (exact) mass is 510 g/mol. The van der Waals surface area contributed by atoms with Crippen molar-refractivity contribution in [2.45, 2.75) is 19.1 Å². The summed E-state index contributed by atoms with van der Waals surface area (Å²) in [5.74, 6) is -0.953. The Balaban J connectivity index is 1.34. The summed E-state index contributed by atoms with van der Waals surface area (Å²) in [5, 5.41) is 17.6. The van der Waals surface area contributed by atoms with Gasteiger partial charge in [0.15, 0.2) is 0 Å². The summed E-state index contributed by atoms with van der Waals surface area (Å²) < 4.78 is 5.92. The molecule has 1 aromatic heterocycles. The van der Waals surface area contributed by atoms with Crippen LogP contribution in [0.3, 0.4) is 0 Å². The zero-order chi connectivity index (χ0) is 26.7. The number of ether oxygens (including phenoxy) is 1. The second kappa shape index (κ2) is 12.7. The molecular formula is C29H26N4O5. The molecule has 0 radical (unpaired) electrons. The fraction of sp³-hybridized carbons (Fsp3) is 0.103. The quantitative estimate of drug-likeness (QED) is 0.231. The van der Waals surface area contributed by atoms with Crippen LogP contribution in [-0.4, -0.2) is 28.0 Å². The van der Waals surface area contributed by atoms with Crippen molar-refractivity contribution in [3.8, 4) is 5.75 Å². The van der Waals surface area contributed by atoms with E-state index in [4.69, 9.17) is 4.74 Å². The van der Waals surface area contributed by atoms with Crippen molar-refractivity contribution in [2.24, 2.45) is 0 Å². The van der Waals surface area contributed by atoms with Crippen molar-refractivity contribution >= 4 is 29.3 Å². The molecule has 4 N–H and O–H groups in total. The SMILES string of the molecule is O=C(O)CC(Oc1cccc(NC(=O)c2ccc(NC(=O)NCc3ccccc3)cc2)c1)c1cccnc1. The van der Waals surface area contributed by atoms with Gasteiger partial charge in [-0.05, 0) is 48.0 Å². The van der Waals surface area contributed by atoms with E-state index >= 15 is 0 Å². The summed E-state index contributed by atoms with van der Waals surface area (Å²) in [4.78, 5) is 40.3. The number of carboxylic acid groups (broad SMARTS) is 1. The van der Waals surface area contributed by atoms with Crippen molar-refractivity contribution in [1.29, 1.82) is 0 Å². The van der Waals surface area contributed by atoms with Crippen molar-refractivity contribution in [3.05, 3.63) is 120 Å². The number of anilines is 2. The van der Waals surface area contributed by atoms with Crippen LogP contribution in [-0.2, 0) is 11.3 Å². The zero-order valence-corrected chi connectivity index (χ0v) is 20.3. The van der Waals surface area contributed by atoms with E-state index in [1.807, 2.05) is 30.3 Å². The van der Waals surface area contributed by atoms with Gasteiger partial charge in [-0.3, -0.25) is 14.6 Å². The third-order valence-electron chi connectivity index (χ3n) is 5.49. The lowest BCUT2D eigenvalue weighted by atomic mass is 10.1. The van der Waals surface area contributed by atoms with E-state index in [1.165, 1.54) is 0 Å². The van der Waals surface area contributed by atoms with E-state index in [0.717, 1.165) is 5.56 Å². The van der Waals surface area contributed by atoms with Gasteiger partial charge in [0.05, 0.1) is 6.42 Å². The van der Waals surface area contributed by atoms with Gasteiger partial charge in [0.25, 0.3) is 5.91 Å². The molecule has 0 spiro atoms. The highest BCUT2D eigenvalue weighted by atomic mass is 16.5. The number of carbonyl (C=O) groups is 3. The lowest BCUT2D eigenvalue weighted by Gasteiger charge is -2.18. The summed E-state index contributed by atoms with van der Waals surface area (Å²) in [6.45, 7) is 0.398. The molecular weight excluding hydrogens is 484 g/mol. The van der Waals surface area contributed by atoms with E-state index in [2.05, 4.69) is 20.9 Å². The lowest BCUT2D eigenvalue weighted by Crippen LogP contribution is -2.28. The molecule has 0 fully saturated rings. The normalized spacial score (nSPS) is 11.2. The van der Waals surface area contributed by atoms with E-state index in [1.54, 1.807) is 73.1 Å².